The molecule has 2 aliphatic heterocycles. The van der Waals surface area contributed by atoms with Crippen LogP contribution in [0.25, 0.3) is 0 Å². The second-order valence-corrected chi connectivity index (χ2v) is 12.2. The van der Waals surface area contributed by atoms with Crippen molar-refractivity contribution in [1.82, 2.24) is 10.2 Å². The van der Waals surface area contributed by atoms with E-state index in [0.29, 0.717) is 30.9 Å². The molecule has 0 bridgehead atoms. The van der Waals surface area contributed by atoms with Crippen LogP contribution in [0.5, 0.6) is 11.5 Å². The van der Waals surface area contributed by atoms with Gasteiger partial charge in [0.05, 0.1) is 6.54 Å². The summed E-state index contributed by atoms with van der Waals surface area (Å²) in [5, 5.41) is 3.18. The van der Waals surface area contributed by atoms with Crippen LogP contribution in [0, 0.1) is 34.5 Å². The van der Waals surface area contributed by atoms with Crippen molar-refractivity contribution in [3.63, 3.8) is 0 Å². The van der Waals surface area contributed by atoms with E-state index in [9.17, 15) is 14.0 Å². The highest BCUT2D eigenvalue weighted by molar-refractivity contribution is 5.92. The van der Waals surface area contributed by atoms with Gasteiger partial charge in [-0.25, -0.2) is 4.39 Å². The van der Waals surface area contributed by atoms with E-state index < -0.39 is 11.7 Å². The van der Waals surface area contributed by atoms with Gasteiger partial charge in [0.25, 0.3) is 5.91 Å². The summed E-state index contributed by atoms with van der Waals surface area (Å²) >= 11 is 0. The third-order valence-electron chi connectivity index (χ3n) is 10.5. The first-order valence-electron chi connectivity index (χ1n) is 13.5. The number of likely N-dealkylation sites (N-methyl/N-ethyl adjacent to an activating group) is 1. The lowest BCUT2D eigenvalue weighted by atomic mass is 9.47. The topological polar surface area (TPSA) is 67.9 Å². The maximum atomic E-state index is 14.6. The SMILES string of the molecule is CN1C(=O)C(F)=C[C@]2(C)[C@H]3CC[C@]4(C)[C@@H](C(=O)NC[C@@H]5COc6ccccc6O5)CC[C@H]4[C@@H]3CC[C@@H]12. The van der Waals surface area contributed by atoms with E-state index in [2.05, 4.69) is 19.2 Å². The van der Waals surface area contributed by atoms with Crippen molar-refractivity contribution in [1.29, 1.82) is 0 Å². The van der Waals surface area contributed by atoms with Crippen molar-refractivity contribution in [2.75, 3.05) is 20.2 Å². The van der Waals surface area contributed by atoms with E-state index in [0.717, 1.165) is 50.0 Å². The Hall–Kier alpha value is -2.57. The Kier molecular flexibility index (Phi) is 5.61. The molecule has 3 aliphatic carbocycles. The Morgan fingerprint density at radius 3 is 2.69 bits per heavy atom. The van der Waals surface area contributed by atoms with Crippen LogP contribution in [0.4, 0.5) is 4.39 Å². The summed E-state index contributed by atoms with van der Waals surface area (Å²) in [7, 11) is 1.75. The number of nitrogens with one attached hydrogen (secondary N) is 1. The predicted molar refractivity (Wildman–Crippen MR) is 133 cm³/mol. The van der Waals surface area contributed by atoms with Crippen molar-refractivity contribution in [3.8, 4) is 11.5 Å². The Morgan fingerprint density at radius 1 is 1.11 bits per heavy atom. The van der Waals surface area contributed by atoms with E-state index >= 15 is 0 Å². The molecule has 1 aromatic rings. The van der Waals surface area contributed by atoms with Crippen molar-refractivity contribution in [2.45, 2.75) is 64.5 Å². The first-order chi connectivity index (χ1) is 17.2. The molecule has 8 atom stereocenters. The lowest BCUT2D eigenvalue weighted by Crippen LogP contribution is -2.60. The molecule has 0 unspecified atom stereocenters. The summed E-state index contributed by atoms with van der Waals surface area (Å²) < 4.78 is 26.5. The lowest BCUT2D eigenvalue weighted by Gasteiger charge is -2.60. The van der Waals surface area contributed by atoms with Gasteiger partial charge in [0, 0.05) is 24.4 Å². The van der Waals surface area contributed by atoms with Crippen molar-refractivity contribution < 1.29 is 23.5 Å². The van der Waals surface area contributed by atoms with Gasteiger partial charge in [-0.3, -0.25) is 9.59 Å². The molecule has 6 nitrogen and oxygen atoms in total. The van der Waals surface area contributed by atoms with Crippen molar-refractivity contribution in [3.05, 3.63) is 36.2 Å². The molecule has 0 spiro atoms. The van der Waals surface area contributed by atoms with Gasteiger partial charge in [0.15, 0.2) is 17.3 Å². The molecule has 7 heteroatoms. The largest absolute Gasteiger partial charge is 0.486 e. The Bertz CT molecular complexity index is 1110. The zero-order valence-electron chi connectivity index (χ0n) is 21.5. The number of fused-ring (bicyclic) bond motifs is 6. The molecule has 36 heavy (non-hydrogen) atoms. The summed E-state index contributed by atoms with van der Waals surface area (Å²) in [6.45, 7) is 5.32. The van der Waals surface area contributed by atoms with Crippen LogP contribution < -0.4 is 14.8 Å². The summed E-state index contributed by atoms with van der Waals surface area (Å²) in [6.07, 6.45) is 7.24. The fourth-order valence-electron chi connectivity index (χ4n) is 8.76. The van der Waals surface area contributed by atoms with Crippen LogP contribution in [0.1, 0.15) is 52.4 Å². The van der Waals surface area contributed by atoms with E-state index in [-0.39, 0.29) is 34.8 Å². The van der Waals surface area contributed by atoms with E-state index in [1.165, 1.54) is 0 Å². The van der Waals surface area contributed by atoms with Crippen LogP contribution in [-0.2, 0) is 9.59 Å². The van der Waals surface area contributed by atoms with Crippen molar-refractivity contribution >= 4 is 11.8 Å². The number of para-hydroxylation sites is 2. The summed E-state index contributed by atoms with van der Waals surface area (Å²) in [6, 6.07) is 7.67. The molecule has 2 heterocycles. The molecule has 6 rings (SSSR count). The highest BCUT2D eigenvalue weighted by atomic mass is 19.1. The number of rotatable bonds is 3. The quantitative estimate of drug-likeness (QED) is 0.669. The smallest absolute Gasteiger partial charge is 0.282 e. The highest BCUT2D eigenvalue weighted by Gasteiger charge is 2.62. The van der Waals surface area contributed by atoms with Gasteiger partial charge < -0.3 is 19.7 Å². The summed E-state index contributed by atoms with van der Waals surface area (Å²) in [5.74, 6) is 1.72. The van der Waals surface area contributed by atoms with E-state index in [1.807, 2.05) is 24.3 Å². The molecule has 5 aliphatic rings. The van der Waals surface area contributed by atoms with Gasteiger partial charge in [-0.2, -0.15) is 0 Å². The van der Waals surface area contributed by atoms with Gasteiger partial charge in [0.1, 0.15) is 12.7 Å². The summed E-state index contributed by atoms with van der Waals surface area (Å²) in [5.41, 5.74) is -0.393. The monoisotopic (exact) mass is 496 g/mol. The molecule has 3 saturated carbocycles. The number of hydrogen-bond donors (Lipinski definition) is 1. The number of halogens is 1. The molecule has 0 radical (unpaired) electrons. The standard InChI is InChI=1S/C29H37FN2O4/c1-28-13-12-20-18(8-11-25-29(20,2)14-22(30)27(34)32(25)3)19(28)9-10-21(28)26(33)31-15-17-16-35-23-6-4-5-7-24(23)36-17/h4-7,14,17-21,25H,8-13,15-16H2,1-3H3,(H,31,33)/t17-,18+,19+,20+,21-,25-,28+,29-/m1/s1. The predicted octanol–water partition coefficient (Wildman–Crippen LogP) is 4.50. The minimum atomic E-state index is -0.606. The molecular weight excluding hydrogens is 459 g/mol. The van der Waals surface area contributed by atoms with Crippen LogP contribution in [-0.4, -0.2) is 49.1 Å². The van der Waals surface area contributed by atoms with Gasteiger partial charge >= 0.3 is 0 Å². The molecule has 3 fully saturated rings. The summed E-state index contributed by atoms with van der Waals surface area (Å²) in [4.78, 5) is 27.4. The fourth-order valence-corrected chi connectivity index (χ4v) is 8.76. The number of carbonyl (C=O) groups is 2. The minimum absolute atomic E-state index is 0.0198. The van der Waals surface area contributed by atoms with Gasteiger partial charge in [-0.05, 0) is 79.9 Å². The van der Waals surface area contributed by atoms with Crippen LogP contribution in [0.15, 0.2) is 36.2 Å². The van der Waals surface area contributed by atoms with Crippen LogP contribution >= 0.6 is 0 Å². The molecule has 2 amide bonds. The Labute approximate surface area is 212 Å². The molecule has 1 aromatic carbocycles. The average Bonchev–Trinajstić information content (AvgIpc) is 3.23. The average molecular weight is 497 g/mol. The van der Waals surface area contributed by atoms with Crippen LogP contribution in [0.3, 0.4) is 0 Å². The fraction of sp³-hybridized carbons (Fsp3) is 0.655. The third kappa shape index (κ3) is 3.48. The lowest BCUT2D eigenvalue weighted by molar-refractivity contribution is -0.145. The first-order valence-corrected chi connectivity index (χ1v) is 13.5. The number of benzene rings is 1. The first kappa shape index (κ1) is 23.8. The van der Waals surface area contributed by atoms with Gasteiger partial charge in [0.2, 0.25) is 5.91 Å². The number of hydrogen-bond acceptors (Lipinski definition) is 4. The Morgan fingerprint density at radius 2 is 1.89 bits per heavy atom. The second kappa shape index (κ2) is 8.49. The maximum Gasteiger partial charge on any atom is 0.282 e. The highest BCUT2D eigenvalue weighted by Crippen LogP contribution is 2.65. The third-order valence-corrected chi connectivity index (χ3v) is 10.5. The molecule has 0 saturated heterocycles. The van der Waals surface area contributed by atoms with E-state index in [1.54, 1.807) is 18.0 Å². The Balaban J connectivity index is 1.14. The van der Waals surface area contributed by atoms with Crippen LogP contribution in [0.2, 0.25) is 0 Å². The molecule has 194 valence electrons. The molecular formula is C29H37FN2O4. The zero-order chi connectivity index (χ0) is 25.2. The minimum Gasteiger partial charge on any atom is -0.486 e. The van der Waals surface area contributed by atoms with Crippen molar-refractivity contribution in [2.24, 2.45) is 34.5 Å². The second-order valence-electron chi connectivity index (χ2n) is 12.2. The number of nitrogens with zero attached hydrogens (tertiary/aromatic N) is 1. The van der Waals surface area contributed by atoms with E-state index in [4.69, 9.17) is 9.47 Å². The van der Waals surface area contributed by atoms with Gasteiger partial charge in [-0.1, -0.05) is 26.0 Å². The number of carbonyl (C=O) groups excluding carboxylic acids is 2. The molecule has 0 aromatic heterocycles. The maximum absolute atomic E-state index is 14.6. The molecule has 1 N–H and O–H groups in total. The normalized spacial score (nSPS) is 41.1. The number of ether oxygens (including phenoxy) is 2. The zero-order valence-corrected chi connectivity index (χ0v) is 21.5. The van der Waals surface area contributed by atoms with Gasteiger partial charge in [-0.15, -0.1) is 0 Å². The number of amides is 2.